The van der Waals surface area contributed by atoms with Gasteiger partial charge in [-0.05, 0) is 0 Å². The maximum atomic E-state index is 9.87. The first-order chi connectivity index (χ1) is 3.81. The molecule has 5 nitrogen and oxygen atoms in total. The van der Waals surface area contributed by atoms with Crippen LogP contribution in [-0.4, -0.2) is 24.3 Å². The van der Waals surface area contributed by atoms with Crippen LogP contribution in [-0.2, 0) is 0 Å². The molecule has 0 aromatic heterocycles. The van der Waals surface area contributed by atoms with Gasteiger partial charge in [0.1, 0.15) is 0 Å². The molecule has 0 fully saturated rings. The van der Waals surface area contributed by atoms with E-state index in [2.05, 4.69) is 0 Å². The zero-order valence-corrected chi connectivity index (χ0v) is 4.13. The Balaban J connectivity index is 3.11. The van der Waals surface area contributed by atoms with Gasteiger partial charge < -0.3 is 10.4 Å². The van der Waals surface area contributed by atoms with Gasteiger partial charge in [-0.25, -0.2) is 4.79 Å². The minimum Gasteiger partial charge on any atom is -0.395 e. The molecule has 0 aliphatic carbocycles. The number of aliphatic hydroxyl groups is 1. The molecule has 0 rings (SSSR count). The maximum Gasteiger partial charge on any atom is 0.378 e. The first-order valence-corrected chi connectivity index (χ1v) is 2.03. The Morgan fingerprint density at radius 2 is 2.38 bits per heavy atom. The third kappa shape index (κ3) is 3.23. The number of nitroso groups, excluding NO2 is 1. The summed E-state index contributed by atoms with van der Waals surface area (Å²) in [5, 5.41) is 12.1. The van der Waals surface area contributed by atoms with E-state index in [9.17, 15) is 9.70 Å². The molecule has 0 saturated heterocycles. The van der Waals surface area contributed by atoms with Crippen molar-refractivity contribution < 1.29 is 9.90 Å². The second-order valence-corrected chi connectivity index (χ2v) is 1.05. The molecular formula is C3H6N2O3. The van der Waals surface area contributed by atoms with Gasteiger partial charge in [0.05, 0.1) is 6.61 Å². The van der Waals surface area contributed by atoms with Crippen molar-refractivity contribution >= 4 is 6.03 Å². The van der Waals surface area contributed by atoms with Crippen molar-refractivity contribution in [2.45, 2.75) is 0 Å². The quantitative estimate of drug-likeness (QED) is 0.477. The van der Waals surface area contributed by atoms with E-state index < -0.39 is 6.03 Å². The number of rotatable bonds is 2. The van der Waals surface area contributed by atoms with Gasteiger partial charge in [0.15, 0.2) is 0 Å². The maximum absolute atomic E-state index is 9.87. The highest BCUT2D eigenvalue weighted by atomic mass is 16.3. The van der Waals surface area contributed by atoms with Crippen molar-refractivity contribution in [1.29, 1.82) is 0 Å². The molecule has 0 aromatic carbocycles. The second kappa shape index (κ2) is 4.20. The summed E-state index contributed by atoms with van der Waals surface area (Å²) in [6, 6.07) is -0.945. The number of urea groups is 1. The summed E-state index contributed by atoms with van der Waals surface area (Å²) in [5.74, 6) is 0. The van der Waals surface area contributed by atoms with Crippen LogP contribution in [0.4, 0.5) is 4.79 Å². The van der Waals surface area contributed by atoms with Gasteiger partial charge >= 0.3 is 6.03 Å². The largest absolute Gasteiger partial charge is 0.395 e. The van der Waals surface area contributed by atoms with Crippen LogP contribution < -0.4 is 5.32 Å². The van der Waals surface area contributed by atoms with Crippen LogP contribution in [0.3, 0.4) is 0 Å². The van der Waals surface area contributed by atoms with Crippen molar-refractivity contribution in [3.05, 3.63) is 4.91 Å². The first kappa shape index (κ1) is 7.03. The molecule has 0 aliphatic rings. The predicted octanol–water partition coefficient (Wildman–Crippen LogP) is -0.545. The lowest BCUT2D eigenvalue weighted by atomic mass is 10.7. The molecule has 0 unspecified atom stereocenters. The molecule has 8 heavy (non-hydrogen) atoms. The first-order valence-electron chi connectivity index (χ1n) is 2.03. The Kier molecular flexibility index (Phi) is 3.69. The highest BCUT2D eigenvalue weighted by Gasteiger charge is 1.93. The normalized spacial score (nSPS) is 8.12. The second-order valence-electron chi connectivity index (χ2n) is 1.05. The van der Waals surface area contributed by atoms with Gasteiger partial charge in [-0.2, -0.15) is 0 Å². The topological polar surface area (TPSA) is 78.8 Å². The molecule has 0 radical (unpaired) electrons. The van der Waals surface area contributed by atoms with Crippen LogP contribution in [0, 0.1) is 4.91 Å². The molecule has 0 atom stereocenters. The lowest BCUT2D eigenvalue weighted by Crippen LogP contribution is -2.22. The highest BCUT2D eigenvalue weighted by Crippen LogP contribution is 1.67. The zero-order chi connectivity index (χ0) is 6.41. The lowest BCUT2D eigenvalue weighted by Gasteiger charge is -1.90. The van der Waals surface area contributed by atoms with E-state index in [0.717, 1.165) is 0 Å². The summed E-state index contributed by atoms with van der Waals surface area (Å²) in [5.41, 5.74) is 0. The van der Waals surface area contributed by atoms with Crippen LogP contribution >= 0.6 is 0 Å². The molecule has 0 spiro atoms. The summed E-state index contributed by atoms with van der Waals surface area (Å²) < 4.78 is 0. The van der Waals surface area contributed by atoms with Crippen molar-refractivity contribution in [3.8, 4) is 0 Å². The predicted molar refractivity (Wildman–Crippen MR) is 26.3 cm³/mol. The average Bonchev–Trinajstić information content (AvgIpc) is 1.83. The molecule has 46 valence electrons. The summed E-state index contributed by atoms with van der Waals surface area (Å²) in [4.78, 5) is 19.1. The van der Waals surface area contributed by atoms with Crippen LogP contribution in [0.2, 0.25) is 0 Å². The number of carbonyl (C=O) groups is 1. The van der Waals surface area contributed by atoms with Crippen molar-refractivity contribution in [1.82, 2.24) is 5.32 Å². The molecule has 0 aliphatic heterocycles. The van der Waals surface area contributed by atoms with Crippen LogP contribution in [0.5, 0.6) is 0 Å². The molecule has 0 heterocycles. The van der Waals surface area contributed by atoms with Crippen molar-refractivity contribution in [2.75, 3.05) is 13.2 Å². The van der Waals surface area contributed by atoms with Gasteiger partial charge in [0.25, 0.3) is 0 Å². The van der Waals surface area contributed by atoms with E-state index in [1.54, 1.807) is 0 Å². The van der Waals surface area contributed by atoms with E-state index in [1.807, 2.05) is 10.5 Å². The van der Waals surface area contributed by atoms with E-state index in [-0.39, 0.29) is 13.2 Å². The molecule has 2 amide bonds. The lowest BCUT2D eigenvalue weighted by molar-refractivity contribution is 0.242. The highest BCUT2D eigenvalue weighted by molar-refractivity contribution is 5.74. The van der Waals surface area contributed by atoms with Gasteiger partial charge in [0.2, 0.25) is 0 Å². The van der Waals surface area contributed by atoms with Gasteiger partial charge in [-0.3, -0.25) is 0 Å². The monoisotopic (exact) mass is 118 g/mol. The fraction of sp³-hybridized carbons (Fsp3) is 0.667. The number of aliphatic hydroxyl groups excluding tert-OH is 1. The van der Waals surface area contributed by atoms with E-state index in [0.29, 0.717) is 0 Å². The Labute approximate surface area is 45.7 Å². The Bertz CT molecular complexity index is 92.5. The summed E-state index contributed by atoms with van der Waals surface area (Å²) in [6.07, 6.45) is 0. The van der Waals surface area contributed by atoms with E-state index in [4.69, 9.17) is 5.11 Å². The summed E-state index contributed by atoms with van der Waals surface area (Å²) in [6.45, 7) is -0.105. The van der Waals surface area contributed by atoms with Crippen molar-refractivity contribution in [2.24, 2.45) is 5.18 Å². The molecule has 0 saturated carbocycles. The number of hydrogen-bond donors (Lipinski definition) is 2. The fourth-order valence-electron chi connectivity index (χ4n) is 0.195. The fourth-order valence-corrected chi connectivity index (χ4v) is 0.195. The van der Waals surface area contributed by atoms with E-state index in [1.165, 1.54) is 0 Å². The standard InChI is InChI=1S/C3H6N2O3/c6-2-1-4-3(7)5-8/h6H,1-2H2,(H,4,7). The number of hydrogen-bond acceptors (Lipinski definition) is 3. The number of amides is 2. The van der Waals surface area contributed by atoms with Crippen LogP contribution in [0.15, 0.2) is 5.18 Å². The van der Waals surface area contributed by atoms with Gasteiger partial charge in [-0.1, -0.05) is 0 Å². The molecule has 5 heteroatoms. The minimum absolute atomic E-state index is 0.0740. The summed E-state index contributed by atoms with van der Waals surface area (Å²) in [7, 11) is 0. The Morgan fingerprint density at radius 1 is 1.75 bits per heavy atom. The Morgan fingerprint density at radius 3 is 2.75 bits per heavy atom. The molecular weight excluding hydrogens is 112 g/mol. The number of nitrogens with one attached hydrogen (secondary N) is 1. The number of nitrogens with zero attached hydrogens (tertiary/aromatic N) is 1. The number of carbonyl (C=O) groups excluding carboxylic acids is 1. The zero-order valence-electron chi connectivity index (χ0n) is 4.13. The summed E-state index contributed by atoms with van der Waals surface area (Å²) >= 11 is 0. The van der Waals surface area contributed by atoms with Crippen LogP contribution in [0.25, 0.3) is 0 Å². The average molecular weight is 118 g/mol. The third-order valence-corrected chi connectivity index (χ3v) is 0.471. The van der Waals surface area contributed by atoms with Gasteiger partial charge in [0, 0.05) is 11.7 Å². The van der Waals surface area contributed by atoms with Crippen molar-refractivity contribution in [3.63, 3.8) is 0 Å². The Hall–Kier alpha value is -0.970. The SMILES string of the molecule is O=NC(=O)NCCO. The van der Waals surface area contributed by atoms with E-state index >= 15 is 0 Å². The minimum atomic E-state index is -0.945. The smallest absolute Gasteiger partial charge is 0.378 e. The molecule has 0 bridgehead atoms. The third-order valence-electron chi connectivity index (χ3n) is 0.471. The van der Waals surface area contributed by atoms with Gasteiger partial charge in [-0.15, -0.1) is 4.91 Å². The molecule has 2 N–H and O–H groups in total. The molecule has 0 aromatic rings. The van der Waals surface area contributed by atoms with Crippen LogP contribution in [0.1, 0.15) is 0 Å².